The van der Waals surface area contributed by atoms with E-state index in [9.17, 15) is 0 Å². The maximum absolute atomic E-state index is 5.55. The van der Waals surface area contributed by atoms with E-state index >= 15 is 0 Å². The van der Waals surface area contributed by atoms with Crippen LogP contribution in [0.1, 0.15) is 12.8 Å². The van der Waals surface area contributed by atoms with Crippen LogP contribution in [0.2, 0.25) is 0 Å². The number of nitrogens with two attached hydrogens (primary N) is 1. The number of rotatable bonds is 4. The summed E-state index contributed by atoms with van der Waals surface area (Å²) in [5.74, 6) is 1.72. The van der Waals surface area contributed by atoms with E-state index < -0.39 is 0 Å². The molecule has 9 heavy (non-hydrogen) atoms. The third-order valence-electron chi connectivity index (χ3n) is 0.968. The largest absolute Gasteiger partial charge is 0.327 e. The number of thiol groups is 2. The SMILES string of the molecule is Cl.NC(CS)CCCS. The topological polar surface area (TPSA) is 26.0 Å². The van der Waals surface area contributed by atoms with Gasteiger partial charge in [0.05, 0.1) is 0 Å². The van der Waals surface area contributed by atoms with Crippen LogP contribution >= 0.6 is 37.7 Å². The molecular formula is C5H14ClNS2. The molecule has 0 spiro atoms. The first-order valence-electron chi connectivity index (χ1n) is 2.78. The van der Waals surface area contributed by atoms with Crippen LogP contribution in [-0.4, -0.2) is 17.5 Å². The van der Waals surface area contributed by atoms with E-state index in [2.05, 4.69) is 25.3 Å². The predicted octanol–water partition coefficient (Wildman–Crippen LogP) is 1.38. The summed E-state index contributed by atoms with van der Waals surface area (Å²) in [5, 5.41) is 0. The fraction of sp³-hybridized carbons (Fsp3) is 1.00. The van der Waals surface area contributed by atoms with Gasteiger partial charge in [0.25, 0.3) is 0 Å². The van der Waals surface area contributed by atoms with Crippen molar-refractivity contribution in [3.63, 3.8) is 0 Å². The van der Waals surface area contributed by atoms with Crippen molar-refractivity contribution in [1.29, 1.82) is 0 Å². The van der Waals surface area contributed by atoms with Crippen molar-refractivity contribution in [1.82, 2.24) is 0 Å². The number of hydrogen-bond donors (Lipinski definition) is 3. The summed E-state index contributed by atoms with van der Waals surface area (Å²) < 4.78 is 0. The van der Waals surface area contributed by atoms with Crippen LogP contribution in [0.5, 0.6) is 0 Å². The van der Waals surface area contributed by atoms with E-state index in [1.807, 2.05) is 0 Å². The van der Waals surface area contributed by atoms with Crippen LogP contribution in [0.4, 0.5) is 0 Å². The zero-order valence-electron chi connectivity index (χ0n) is 5.29. The Balaban J connectivity index is 0. The monoisotopic (exact) mass is 187 g/mol. The van der Waals surface area contributed by atoms with E-state index in [0.717, 1.165) is 24.3 Å². The fourth-order valence-corrected chi connectivity index (χ4v) is 0.810. The van der Waals surface area contributed by atoms with Gasteiger partial charge in [0, 0.05) is 11.8 Å². The van der Waals surface area contributed by atoms with Crippen LogP contribution in [-0.2, 0) is 0 Å². The number of hydrogen-bond acceptors (Lipinski definition) is 3. The lowest BCUT2D eigenvalue weighted by Gasteiger charge is -2.04. The van der Waals surface area contributed by atoms with Crippen molar-refractivity contribution in [3.8, 4) is 0 Å². The summed E-state index contributed by atoms with van der Waals surface area (Å²) in [6.07, 6.45) is 2.15. The van der Waals surface area contributed by atoms with E-state index in [-0.39, 0.29) is 18.4 Å². The highest BCUT2D eigenvalue weighted by molar-refractivity contribution is 7.80. The molecule has 0 aromatic rings. The zero-order chi connectivity index (χ0) is 6.41. The molecule has 0 fully saturated rings. The second-order valence-electron chi connectivity index (χ2n) is 1.81. The first kappa shape index (κ1) is 12.6. The summed E-state index contributed by atoms with van der Waals surface area (Å²) in [5.41, 5.74) is 5.55. The lowest BCUT2D eigenvalue weighted by Crippen LogP contribution is -2.21. The molecule has 1 nitrogen and oxygen atoms in total. The molecule has 0 radical (unpaired) electrons. The molecule has 1 atom stereocenters. The van der Waals surface area contributed by atoms with Crippen LogP contribution in [0.15, 0.2) is 0 Å². The standard InChI is InChI=1S/C5H13NS2.ClH/c6-5(4-8)2-1-3-7;/h5,7-8H,1-4,6H2;1H. The lowest BCUT2D eigenvalue weighted by atomic mass is 10.2. The van der Waals surface area contributed by atoms with Crippen LogP contribution in [0.25, 0.3) is 0 Å². The molecule has 58 valence electrons. The fourth-order valence-electron chi connectivity index (χ4n) is 0.445. The minimum Gasteiger partial charge on any atom is -0.327 e. The average Bonchev–Trinajstić information content (AvgIpc) is 1.83. The highest BCUT2D eigenvalue weighted by atomic mass is 35.5. The molecule has 0 amide bonds. The third kappa shape index (κ3) is 8.95. The van der Waals surface area contributed by atoms with Gasteiger partial charge >= 0.3 is 0 Å². The third-order valence-corrected chi connectivity index (χ3v) is 1.75. The van der Waals surface area contributed by atoms with E-state index in [1.54, 1.807) is 0 Å². The Morgan fingerprint density at radius 2 is 1.89 bits per heavy atom. The second-order valence-corrected chi connectivity index (χ2v) is 2.62. The molecule has 0 rings (SSSR count). The molecule has 0 aliphatic heterocycles. The minimum atomic E-state index is 0. The van der Waals surface area contributed by atoms with E-state index in [0.29, 0.717) is 0 Å². The number of halogens is 1. The molecule has 0 aromatic heterocycles. The van der Waals surface area contributed by atoms with Crippen molar-refractivity contribution in [2.75, 3.05) is 11.5 Å². The van der Waals surface area contributed by atoms with Crippen molar-refractivity contribution in [2.45, 2.75) is 18.9 Å². The van der Waals surface area contributed by atoms with Gasteiger partial charge in [-0.2, -0.15) is 25.3 Å². The van der Waals surface area contributed by atoms with Crippen LogP contribution in [0.3, 0.4) is 0 Å². The Hall–Kier alpha value is 0.950. The maximum atomic E-state index is 5.55. The summed E-state index contributed by atoms with van der Waals surface area (Å²) in [7, 11) is 0. The van der Waals surface area contributed by atoms with Gasteiger partial charge in [-0.3, -0.25) is 0 Å². The van der Waals surface area contributed by atoms with Gasteiger partial charge in [-0.05, 0) is 18.6 Å². The molecule has 0 aliphatic carbocycles. The van der Waals surface area contributed by atoms with Crippen molar-refractivity contribution in [3.05, 3.63) is 0 Å². The molecule has 0 aliphatic rings. The van der Waals surface area contributed by atoms with Gasteiger partial charge < -0.3 is 5.73 Å². The van der Waals surface area contributed by atoms with Crippen molar-refractivity contribution < 1.29 is 0 Å². The minimum absolute atomic E-state index is 0. The van der Waals surface area contributed by atoms with E-state index in [1.165, 1.54) is 0 Å². The second kappa shape index (κ2) is 8.95. The zero-order valence-corrected chi connectivity index (χ0v) is 7.89. The van der Waals surface area contributed by atoms with Gasteiger partial charge in [0.15, 0.2) is 0 Å². The lowest BCUT2D eigenvalue weighted by molar-refractivity contribution is 0.667. The van der Waals surface area contributed by atoms with E-state index in [4.69, 9.17) is 5.73 Å². The molecule has 0 aromatic carbocycles. The van der Waals surface area contributed by atoms with Crippen LogP contribution in [0, 0.1) is 0 Å². The summed E-state index contributed by atoms with van der Waals surface area (Å²) in [6.45, 7) is 0. The Bertz CT molecular complexity index is 54.2. The molecule has 0 saturated heterocycles. The smallest absolute Gasteiger partial charge is 0.0128 e. The first-order valence-corrected chi connectivity index (χ1v) is 4.05. The Labute approximate surface area is 74.0 Å². The molecule has 0 heterocycles. The Kier molecular flexibility index (Phi) is 12.5. The predicted molar refractivity (Wildman–Crippen MR) is 52.2 cm³/mol. The molecule has 1 unspecified atom stereocenters. The summed E-state index contributed by atoms with van der Waals surface area (Å²) >= 11 is 8.09. The molecule has 0 saturated carbocycles. The van der Waals surface area contributed by atoms with Gasteiger partial charge in [0.2, 0.25) is 0 Å². The maximum Gasteiger partial charge on any atom is 0.0128 e. The van der Waals surface area contributed by atoms with Gasteiger partial charge in [-0.1, -0.05) is 0 Å². The van der Waals surface area contributed by atoms with Gasteiger partial charge in [-0.25, -0.2) is 0 Å². The average molecular weight is 188 g/mol. The quantitative estimate of drug-likeness (QED) is 0.570. The molecular weight excluding hydrogens is 174 g/mol. The Morgan fingerprint density at radius 3 is 2.22 bits per heavy atom. The molecule has 0 bridgehead atoms. The summed E-state index contributed by atoms with van der Waals surface area (Å²) in [4.78, 5) is 0. The molecule has 2 N–H and O–H groups in total. The van der Waals surface area contributed by atoms with Gasteiger partial charge in [0.1, 0.15) is 0 Å². The first-order chi connectivity index (χ1) is 3.81. The van der Waals surface area contributed by atoms with Gasteiger partial charge in [-0.15, -0.1) is 12.4 Å². The Morgan fingerprint density at radius 1 is 1.33 bits per heavy atom. The highest BCUT2D eigenvalue weighted by Crippen LogP contribution is 1.96. The normalized spacial score (nSPS) is 12.3. The van der Waals surface area contributed by atoms with Crippen LogP contribution < -0.4 is 5.73 Å². The van der Waals surface area contributed by atoms with Crippen molar-refractivity contribution in [2.24, 2.45) is 5.73 Å². The molecule has 4 heteroatoms. The van der Waals surface area contributed by atoms with Crippen molar-refractivity contribution >= 4 is 37.7 Å². The summed E-state index contributed by atoms with van der Waals surface area (Å²) in [6, 6.07) is 0.269. The highest BCUT2D eigenvalue weighted by Gasteiger charge is 1.95.